The van der Waals surface area contributed by atoms with E-state index < -0.39 is 0 Å². The van der Waals surface area contributed by atoms with Crippen molar-refractivity contribution in [2.24, 2.45) is 0 Å². The molecule has 2 aromatic rings. The number of likely N-dealkylation sites (tertiary alicyclic amines) is 1. The molecule has 0 bridgehead atoms. The summed E-state index contributed by atoms with van der Waals surface area (Å²) in [4.78, 5) is 18.7. The van der Waals surface area contributed by atoms with Gasteiger partial charge < -0.3 is 9.80 Å². The van der Waals surface area contributed by atoms with Crippen molar-refractivity contribution < 1.29 is 4.79 Å². The molecule has 0 unspecified atom stereocenters. The zero-order chi connectivity index (χ0) is 20.1. The molecule has 3 nitrogen and oxygen atoms in total. The normalized spacial score (nSPS) is 19.0. The van der Waals surface area contributed by atoms with Gasteiger partial charge in [0.1, 0.15) is 0 Å². The lowest BCUT2D eigenvalue weighted by Gasteiger charge is -2.42. The van der Waals surface area contributed by atoms with Crippen LogP contribution in [0.3, 0.4) is 0 Å². The molecular formula is C26H37ClN2OS. The summed E-state index contributed by atoms with van der Waals surface area (Å²) in [6.45, 7) is 3.22. The standard InChI is InChI=1S/C26H34N2O.ClH.H2S/c1-27(24(21-28-19-11-12-20-28)22-13-5-2-6-14-22)25(29)26(17-9-4-10-18-26)23-15-7-3-8-16-23;;/h2-3,5-8,13-16,24H,4,9-12,17-21H2,1H3;1H;1H2/t24-;;/m1../s1. The van der Waals surface area contributed by atoms with Crippen LogP contribution in [0.25, 0.3) is 0 Å². The van der Waals surface area contributed by atoms with E-state index in [0.717, 1.165) is 45.3 Å². The van der Waals surface area contributed by atoms with Crippen molar-refractivity contribution in [3.8, 4) is 0 Å². The molecule has 5 heteroatoms. The van der Waals surface area contributed by atoms with E-state index in [9.17, 15) is 4.79 Å². The van der Waals surface area contributed by atoms with Gasteiger partial charge in [-0.2, -0.15) is 13.5 Å². The van der Waals surface area contributed by atoms with Crippen molar-refractivity contribution in [2.45, 2.75) is 56.4 Å². The Morgan fingerprint density at radius 1 is 0.903 bits per heavy atom. The van der Waals surface area contributed by atoms with Crippen LogP contribution in [0.5, 0.6) is 0 Å². The van der Waals surface area contributed by atoms with Crippen molar-refractivity contribution in [3.05, 3.63) is 71.8 Å². The Bertz CT molecular complexity index is 790. The first-order chi connectivity index (χ1) is 14.2. The fraction of sp³-hybridized carbons (Fsp3) is 0.500. The van der Waals surface area contributed by atoms with Gasteiger partial charge in [-0.05, 0) is 49.9 Å². The second-order valence-corrected chi connectivity index (χ2v) is 8.86. The number of rotatable bonds is 6. The molecule has 1 atom stereocenters. The van der Waals surface area contributed by atoms with Crippen molar-refractivity contribution in [1.82, 2.24) is 9.80 Å². The van der Waals surface area contributed by atoms with Gasteiger partial charge in [-0.15, -0.1) is 12.4 Å². The average Bonchev–Trinajstić information content (AvgIpc) is 3.31. The summed E-state index contributed by atoms with van der Waals surface area (Å²) < 4.78 is 0. The van der Waals surface area contributed by atoms with Gasteiger partial charge in [0.05, 0.1) is 11.5 Å². The molecule has 170 valence electrons. The highest BCUT2D eigenvalue weighted by Gasteiger charge is 2.44. The lowest BCUT2D eigenvalue weighted by atomic mass is 9.68. The molecule has 2 aliphatic rings. The number of carbonyl (C=O) groups is 1. The summed E-state index contributed by atoms with van der Waals surface area (Å²) in [6.07, 6.45) is 7.98. The van der Waals surface area contributed by atoms with E-state index in [2.05, 4.69) is 64.4 Å². The van der Waals surface area contributed by atoms with Crippen molar-refractivity contribution in [1.29, 1.82) is 0 Å². The van der Waals surface area contributed by atoms with Crippen LogP contribution in [-0.2, 0) is 10.2 Å². The number of halogens is 1. The Morgan fingerprint density at radius 3 is 2.03 bits per heavy atom. The number of likely N-dealkylation sites (N-methyl/N-ethyl adjacent to an activating group) is 1. The summed E-state index contributed by atoms with van der Waals surface area (Å²) in [7, 11) is 2.04. The van der Waals surface area contributed by atoms with Crippen molar-refractivity contribution in [3.63, 3.8) is 0 Å². The largest absolute Gasteiger partial charge is 0.337 e. The van der Waals surface area contributed by atoms with Crippen LogP contribution in [0.1, 0.15) is 62.1 Å². The molecule has 0 radical (unpaired) electrons. The summed E-state index contributed by atoms with van der Waals surface area (Å²) >= 11 is 0. The predicted molar refractivity (Wildman–Crippen MR) is 136 cm³/mol. The van der Waals surface area contributed by atoms with E-state index in [1.165, 1.54) is 30.4 Å². The number of carbonyl (C=O) groups excluding carboxylic acids is 1. The molecule has 1 amide bonds. The first-order valence-corrected chi connectivity index (χ1v) is 11.3. The molecule has 1 saturated carbocycles. The maximum atomic E-state index is 14.1. The molecule has 0 N–H and O–H groups in total. The molecule has 2 aromatic carbocycles. The highest BCUT2D eigenvalue weighted by molar-refractivity contribution is 7.59. The van der Waals surface area contributed by atoms with Crippen molar-refractivity contribution in [2.75, 3.05) is 26.7 Å². The first-order valence-electron chi connectivity index (χ1n) is 11.3. The average molecular weight is 461 g/mol. The minimum atomic E-state index is -0.369. The molecule has 31 heavy (non-hydrogen) atoms. The number of amides is 1. The Morgan fingerprint density at radius 2 is 1.45 bits per heavy atom. The molecule has 0 spiro atoms. The Balaban J connectivity index is 0.00000171. The van der Waals surface area contributed by atoms with E-state index in [1.807, 2.05) is 13.1 Å². The summed E-state index contributed by atoms with van der Waals surface area (Å²) in [5.41, 5.74) is 2.07. The van der Waals surface area contributed by atoms with Gasteiger partial charge in [0.2, 0.25) is 5.91 Å². The Kier molecular flexibility index (Phi) is 9.92. The smallest absolute Gasteiger partial charge is 0.233 e. The maximum absolute atomic E-state index is 14.1. The molecule has 1 saturated heterocycles. The number of hydrogen-bond donors (Lipinski definition) is 0. The number of hydrogen-bond acceptors (Lipinski definition) is 2. The van der Waals surface area contributed by atoms with Crippen LogP contribution < -0.4 is 0 Å². The fourth-order valence-corrected chi connectivity index (χ4v) is 5.35. The van der Waals surface area contributed by atoms with Gasteiger partial charge >= 0.3 is 0 Å². The van der Waals surface area contributed by atoms with E-state index in [0.29, 0.717) is 5.91 Å². The first kappa shape index (κ1) is 25.8. The second-order valence-electron chi connectivity index (χ2n) is 8.86. The fourth-order valence-electron chi connectivity index (χ4n) is 5.35. The third-order valence-corrected chi connectivity index (χ3v) is 7.04. The third-order valence-electron chi connectivity index (χ3n) is 7.04. The lowest BCUT2D eigenvalue weighted by Crippen LogP contribution is -2.49. The zero-order valence-electron chi connectivity index (χ0n) is 18.6. The quantitative estimate of drug-likeness (QED) is 0.550. The third kappa shape index (κ3) is 5.66. The van der Waals surface area contributed by atoms with Gasteiger partial charge in [0.25, 0.3) is 0 Å². The SMILES string of the molecule is CN(C(=O)C1(c2ccccc2)CCCCC1)[C@H](CN1CCCC1)c1ccccc1.Cl.S. The monoisotopic (exact) mass is 460 g/mol. The van der Waals surface area contributed by atoms with Crippen LogP contribution >= 0.6 is 25.9 Å². The molecule has 0 aromatic heterocycles. The summed E-state index contributed by atoms with van der Waals surface area (Å²) in [6, 6.07) is 21.3. The highest BCUT2D eigenvalue weighted by atomic mass is 35.5. The number of nitrogens with zero attached hydrogens (tertiary/aromatic N) is 2. The summed E-state index contributed by atoms with van der Waals surface area (Å²) in [5.74, 6) is 0.302. The van der Waals surface area contributed by atoms with Gasteiger partial charge in [-0.1, -0.05) is 79.9 Å². The van der Waals surface area contributed by atoms with Crippen LogP contribution in [0.15, 0.2) is 60.7 Å². The van der Waals surface area contributed by atoms with E-state index in [-0.39, 0.29) is 37.4 Å². The Labute approximate surface area is 201 Å². The molecular weight excluding hydrogens is 424 g/mol. The minimum absolute atomic E-state index is 0. The zero-order valence-corrected chi connectivity index (χ0v) is 20.4. The number of benzene rings is 2. The molecule has 4 rings (SSSR count). The molecule has 1 aliphatic carbocycles. The minimum Gasteiger partial charge on any atom is -0.337 e. The second kappa shape index (κ2) is 11.9. The molecule has 2 fully saturated rings. The maximum Gasteiger partial charge on any atom is 0.233 e. The van der Waals surface area contributed by atoms with Crippen LogP contribution in [-0.4, -0.2) is 42.4 Å². The highest BCUT2D eigenvalue weighted by Crippen LogP contribution is 2.42. The van der Waals surface area contributed by atoms with Crippen LogP contribution in [0, 0.1) is 0 Å². The lowest BCUT2D eigenvalue weighted by molar-refractivity contribution is -0.140. The topological polar surface area (TPSA) is 23.6 Å². The Hall–Kier alpha value is -1.49. The summed E-state index contributed by atoms with van der Waals surface area (Å²) in [5, 5.41) is 0. The van der Waals surface area contributed by atoms with E-state index >= 15 is 0 Å². The molecule has 1 heterocycles. The van der Waals surface area contributed by atoms with Crippen molar-refractivity contribution >= 4 is 31.8 Å². The molecule has 1 aliphatic heterocycles. The van der Waals surface area contributed by atoms with Gasteiger partial charge in [0, 0.05) is 13.6 Å². The van der Waals surface area contributed by atoms with Gasteiger partial charge in [-0.3, -0.25) is 4.79 Å². The van der Waals surface area contributed by atoms with E-state index in [4.69, 9.17) is 0 Å². The van der Waals surface area contributed by atoms with Crippen LogP contribution in [0.4, 0.5) is 0 Å². The predicted octanol–water partition coefficient (Wildman–Crippen LogP) is 5.72. The van der Waals surface area contributed by atoms with E-state index in [1.54, 1.807) is 0 Å². The van der Waals surface area contributed by atoms with Crippen LogP contribution in [0.2, 0.25) is 0 Å². The van der Waals surface area contributed by atoms with Gasteiger partial charge in [0.15, 0.2) is 0 Å². The van der Waals surface area contributed by atoms with Gasteiger partial charge in [-0.25, -0.2) is 0 Å².